The highest BCUT2D eigenvalue weighted by Crippen LogP contribution is 2.25. The Bertz CT molecular complexity index is 821. The summed E-state index contributed by atoms with van der Waals surface area (Å²) >= 11 is 1.44. The highest BCUT2D eigenvalue weighted by atomic mass is 32.1. The van der Waals surface area contributed by atoms with Crippen LogP contribution in [0.15, 0.2) is 53.9 Å². The molecule has 3 aromatic rings. The van der Waals surface area contributed by atoms with Gasteiger partial charge in [0.25, 0.3) is 5.91 Å². The van der Waals surface area contributed by atoms with Crippen molar-refractivity contribution in [2.24, 2.45) is 0 Å². The van der Waals surface area contributed by atoms with Crippen LogP contribution >= 0.6 is 11.3 Å². The molecule has 3 rings (SSSR count). The fourth-order valence-electron chi connectivity index (χ4n) is 2.37. The highest BCUT2D eigenvalue weighted by molar-refractivity contribution is 7.14. The van der Waals surface area contributed by atoms with Gasteiger partial charge in [-0.15, -0.1) is 11.3 Å². The van der Waals surface area contributed by atoms with Crippen LogP contribution in [0.1, 0.15) is 28.4 Å². The second-order valence-electron chi connectivity index (χ2n) is 5.36. The summed E-state index contributed by atoms with van der Waals surface area (Å²) in [5.74, 6) is -0.120. The van der Waals surface area contributed by atoms with Crippen molar-refractivity contribution < 1.29 is 4.79 Å². The number of nitrogens with one attached hydrogen (secondary N) is 1. The van der Waals surface area contributed by atoms with E-state index in [4.69, 9.17) is 0 Å². The first-order valence-electron chi connectivity index (χ1n) is 7.59. The number of hydrogen-bond acceptors (Lipinski definition) is 3. The fourth-order valence-corrected chi connectivity index (χ4v) is 3.08. The molecule has 0 spiro atoms. The molecule has 1 N–H and O–H groups in total. The minimum atomic E-state index is -0.120. The van der Waals surface area contributed by atoms with Gasteiger partial charge in [0, 0.05) is 16.5 Å². The molecule has 0 atom stereocenters. The zero-order valence-electron chi connectivity index (χ0n) is 13.2. The SMILES string of the molecule is CCc1ccc(-c2csc(NC(=O)c3ccccc3C)n2)cc1. The number of aryl methyl sites for hydroxylation is 2. The van der Waals surface area contributed by atoms with Crippen LogP contribution in [0.2, 0.25) is 0 Å². The molecule has 0 saturated carbocycles. The average molecular weight is 322 g/mol. The molecule has 1 amide bonds. The van der Waals surface area contributed by atoms with E-state index in [0.717, 1.165) is 23.2 Å². The van der Waals surface area contributed by atoms with E-state index in [9.17, 15) is 4.79 Å². The third-order valence-electron chi connectivity index (χ3n) is 3.77. The number of hydrogen-bond donors (Lipinski definition) is 1. The Hall–Kier alpha value is -2.46. The van der Waals surface area contributed by atoms with E-state index in [2.05, 4.69) is 41.5 Å². The summed E-state index contributed by atoms with van der Waals surface area (Å²) in [6.45, 7) is 4.06. The van der Waals surface area contributed by atoms with Crippen LogP contribution in [-0.2, 0) is 6.42 Å². The van der Waals surface area contributed by atoms with Gasteiger partial charge in [0.05, 0.1) is 5.69 Å². The molecule has 1 aromatic heterocycles. The molecule has 2 aromatic carbocycles. The van der Waals surface area contributed by atoms with E-state index < -0.39 is 0 Å². The topological polar surface area (TPSA) is 42.0 Å². The van der Waals surface area contributed by atoms with Crippen molar-refractivity contribution in [3.63, 3.8) is 0 Å². The smallest absolute Gasteiger partial charge is 0.257 e. The van der Waals surface area contributed by atoms with E-state index in [0.29, 0.717) is 10.7 Å². The van der Waals surface area contributed by atoms with Crippen molar-refractivity contribution in [1.29, 1.82) is 0 Å². The molecule has 116 valence electrons. The van der Waals surface area contributed by atoms with Crippen molar-refractivity contribution in [2.75, 3.05) is 5.32 Å². The maximum absolute atomic E-state index is 12.3. The van der Waals surface area contributed by atoms with Crippen molar-refractivity contribution in [2.45, 2.75) is 20.3 Å². The second kappa shape index (κ2) is 6.75. The van der Waals surface area contributed by atoms with Crippen LogP contribution in [0.5, 0.6) is 0 Å². The molecule has 0 aliphatic rings. The number of benzene rings is 2. The predicted octanol–water partition coefficient (Wildman–Crippen LogP) is 4.93. The molecule has 0 radical (unpaired) electrons. The Morgan fingerprint density at radius 2 is 1.87 bits per heavy atom. The van der Waals surface area contributed by atoms with Crippen molar-refractivity contribution in [3.8, 4) is 11.3 Å². The molecule has 23 heavy (non-hydrogen) atoms. The van der Waals surface area contributed by atoms with Gasteiger partial charge in [-0.05, 0) is 30.5 Å². The van der Waals surface area contributed by atoms with Gasteiger partial charge in [-0.25, -0.2) is 4.98 Å². The lowest BCUT2D eigenvalue weighted by Crippen LogP contribution is -2.12. The molecule has 4 heteroatoms. The van der Waals surface area contributed by atoms with Crippen molar-refractivity contribution in [3.05, 3.63) is 70.6 Å². The van der Waals surface area contributed by atoms with Crippen LogP contribution < -0.4 is 5.32 Å². The zero-order valence-corrected chi connectivity index (χ0v) is 14.0. The fraction of sp³-hybridized carbons (Fsp3) is 0.158. The number of aromatic nitrogens is 1. The van der Waals surface area contributed by atoms with E-state index in [-0.39, 0.29) is 5.91 Å². The maximum atomic E-state index is 12.3. The molecule has 0 saturated heterocycles. The number of nitrogens with zero attached hydrogens (tertiary/aromatic N) is 1. The Morgan fingerprint density at radius 3 is 2.57 bits per heavy atom. The molecule has 0 aliphatic carbocycles. The summed E-state index contributed by atoms with van der Waals surface area (Å²) in [5.41, 5.74) is 4.89. The predicted molar refractivity (Wildman–Crippen MR) is 96.1 cm³/mol. The zero-order chi connectivity index (χ0) is 16.2. The summed E-state index contributed by atoms with van der Waals surface area (Å²) in [7, 11) is 0. The van der Waals surface area contributed by atoms with Gasteiger partial charge >= 0.3 is 0 Å². The molecule has 0 bridgehead atoms. The number of anilines is 1. The summed E-state index contributed by atoms with van der Waals surface area (Å²) in [6.07, 6.45) is 1.02. The molecule has 3 nitrogen and oxygen atoms in total. The van der Waals surface area contributed by atoms with Gasteiger partial charge in [-0.2, -0.15) is 0 Å². The van der Waals surface area contributed by atoms with Gasteiger partial charge < -0.3 is 0 Å². The van der Waals surface area contributed by atoms with Gasteiger partial charge in [-0.1, -0.05) is 49.4 Å². The minimum Gasteiger partial charge on any atom is -0.298 e. The lowest BCUT2D eigenvalue weighted by molar-refractivity contribution is 0.102. The number of carbonyl (C=O) groups is 1. The highest BCUT2D eigenvalue weighted by Gasteiger charge is 2.11. The van der Waals surface area contributed by atoms with E-state index in [1.54, 1.807) is 0 Å². The Balaban J connectivity index is 1.76. The first-order valence-corrected chi connectivity index (χ1v) is 8.47. The second-order valence-corrected chi connectivity index (χ2v) is 6.22. The Morgan fingerprint density at radius 1 is 1.13 bits per heavy atom. The summed E-state index contributed by atoms with van der Waals surface area (Å²) in [5, 5.41) is 5.47. The van der Waals surface area contributed by atoms with Crippen LogP contribution in [0.4, 0.5) is 5.13 Å². The van der Waals surface area contributed by atoms with Gasteiger partial charge in [-0.3, -0.25) is 10.1 Å². The minimum absolute atomic E-state index is 0.120. The van der Waals surface area contributed by atoms with E-state index in [1.165, 1.54) is 16.9 Å². The molecule has 0 fully saturated rings. The molecule has 0 aliphatic heterocycles. The largest absolute Gasteiger partial charge is 0.298 e. The molecule has 1 heterocycles. The third kappa shape index (κ3) is 3.48. The summed E-state index contributed by atoms with van der Waals surface area (Å²) in [4.78, 5) is 16.8. The van der Waals surface area contributed by atoms with E-state index in [1.807, 2.05) is 36.6 Å². The lowest BCUT2D eigenvalue weighted by atomic mass is 10.1. The van der Waals surface area contributed by atoms with Crippen molar-refractivity contribution >= 4 is 22.4 Å². The first kappa shape index (κ1) is 15.4. The maximum Gasteiger partial charge on any atom is 0.257 e. The number of amides is 1. The normalized spacial score (nSPS) is 10.5. The van der Waals surface area contributed by atoms with Crippen LogP contribution in [-0.4, -0.2) is 10.9 Å². The molecular weight excluding hydrogens is 304 g/mol. The quantitative estimate of drug-likeness (QED) is 0.739. The average Bonchev–Trinajstić information content (AvgIpc) is 3.03. The first-order chi connectivity index (χ1) is 11.2. The van der Waals surface area contributed by atoms with Gasteiger partial charge in [0.2, 0.25) is 0 Å². The third-order valence-corrected chi connectivity index (χ3v) is 4.53. The number of thiazole rings is 1. The van der Waals surface area contributed by atoms with Gasteiger partial charge in [0.1, 0.15) is 0 Å². The monoisotopic (exact) mass is 322 g/mol. The van der Waals surface area contributed by atoms with Crippen LogP contribution in [0.3, 0.4) is 0 Å². The Kier molecular flexibility index (Phi) is 4.53. The van der Waals surface area contributed by atoms with Crippen LogP contribution in [0, 0.1) is 6.92 Å². The molecule has 0 unspecified atom stereocenters. The van der Waals surface area contributed by atoms with Crippen molar-refractivity contribution in [1.82, 2.24) is 4.98 Å². The standard InChI is InChI=1S/C19H18N2OS/c1-3-14-8-10-15(11-9-14)17-12-23-19(20-17)21-18(22)16-7-5-4-6-13(16)2/h4-12H,3H2,1-2H3,(H,20,21,22). The number of carbonyl (C=O) groups excluding carboxylic acids is 1. The number of rotatable bonds is 4. The molecular formula is C19H18N2OS. The summed E-state index contributed by atoms with van der Waals surface area (Å²) < 4.78 is 0. The van der Waals surface area contributed by atoms with Gasteiger partial charge in [0.15, 0.2) is 5.13 Å². The Labute approximate surface area is 140 Å². The summed E-state index contributed by atoms with van der Waals surface area (Å²) in [6, 6.07) is 15.9. The van der Waals surface area contributed by atoms with Crippen LogP contribution in [0.25, 0.3) is 11.3 Å². The lowest BCUT2D eigenvalue weighted by Gasteiger charge is -2.04. The van der Waals surface area contributed by atoms with E-state index >= 15 is 0 Å².